The Bertz CT molecular complexity index is 516. The van der Waals surface area contributed by atoms with E-state index in [4.69, 9.17) is 0 Å². The van der Waals surface area contributed by atoms with Crippen molar-refractivity contribution in [2.24, 2.45) is 17.3 Å². The minimum atomic E-state index is -0.685. The molecule has 3 amide bonds. The number of hydrogen-bond acceptors (Lipinski definition) is 3. The second-order valence-electron chi connectivity index (χ2n) is 8.00. The molecule has 0 unspecified atom stereocenters. The van der Waals surface area contributed by atoms with Crippen molar-refractivity contribution in [3.05, 3.63) is 0 Å². The first-order valence-electron chi connectivity index (χ1n) is 8.91. The highest BCUT2D eigenvalue weighted by Gasteiger charge is 2.52. The summed E-state index contributed by atoms with van der Waals surface area (Å²) in [6, 6.07) is -0.553. The first-order valence-corrected chi connectivity index (χ1v) is 8.91. The maximum Gasteiger partial charge on any atom is 0.245 e. The first kappa shape index (κ1) is 16.5. The van der Waals surface area contributed by atoms with Gasteiger partial charge in [-0.2, -0.15) is 0 Å². The third kappa shape index (κ3) is 2.58. The van der Waals surface area contributed by atoms with Crippen LogP contribution in [-0.4, -0.2) is 46.7 Å². The summed E-state index contributed by atoms with van der Waals surface area (Å²) in [5.74, 6) is -0.741. The molecule has 2 saturated carbocycles. The van der Waals surface area contributed by atoms with Gasteiger partial charge in [0.05, 0.1) is 11.8 Å². The highest BCUT2D eigenvalue weighted by molar-refractivity contribution is 6.08. The van der Waals surface area contributed by atoms with Crippen molar-refractivity contribution < 1.29 is 14.4 Å². The zero-order valence-electron chi connectivity index (χ0n) is 14.7. The summed E-state index contributed by atoms with van der Waals surface area (Å²) in [7, 11) is 1.80. The molecule has 1 heterocycles. The molecule has 0 aromatic rings. The molecular formula is C18H28N2O3. The lowest BCUT2D eigenvalue weighted by Crippen LogP contribution is -2.52. The Balaban J connectivity index is 1.74. The molecule has 5 heteroatoms. The molecule has 0 aromatic carbocycles. The Morgan fingerprint density at radius 1 is 1.13 bits per heavy atom. The second-order valence-corrected chi connectivity index (χ2v) is 8.00. The van der Waals surface area contributed by atoms with Gasteiger partial charge in [0.2, 0.25) is 17.7 Å². The summed E-state index contributed by atoms with van der Waals surface area (Å²) in [6.45, 7) is 5.95. The van der Waals surface area contributed by atoms with Crippen LogP contribution in [0.2, 0.25) is 0 Å². The van der Waals surface area contributed by atoms with Crippen LogP contribution in [0.15, 0.2) is 0 Å². The number of fused-ring (bicyclic) bond motifs is 1. The van der Waals surface area contributed by atoms with Crippen molar-refractivity contribution >= 4 is 17.7 Å². The Hall–Kier alpha value is -1.39. The van der Waals surface area contributed by atoms with Crippen molar-refractivity contribution in [2.75, 3.05) is 7.05 Å². The van der Waals surface area contributed by atoms with E-state index in [9.17, 15) is 14.4 Å². The van der Waals surface area contributed by atoms with Crippen LogP contribution >= 0.6 is 0 Å². The fourth-order valence-corrected chi connectivity index (χ4v) is 4.25. The molecule has 4 atom stereocenters. The van der Waals surface area contributed by atoms with Crippen LogP contribution in [0.1, 0.15) is 59.3 Å². The van der Waals surface area contributed by atoms with Gasteiger partial charge in [-0.3, -0.25) is 19.3 Å². The van der Waals surface area contributed by atoms with Crippen LogP contribution in [0, 0.1) is 17.3 Å². The fraction of sp³-hybridized carbons (Fsp3) is 0.833. The van der Waals surface area contributed by atoms with Crippen molar-refractivity contribution in [2.45, 2.75) is 71.4 Å². The SMILES string of the molecule is C[C@H](C(=O)N(C)[C@H](C)C1(C)CC1)N1C(=O)[C@@H]2CCCC[C@H]2C1=O. The molecule has 5 nitrogen and oxygen atoms in total. The zero-order chi connectivity index (χ0) is 16.9. The van der Waals surface area contributed by atoms with E-state index >= 15 is 0 Å². The monoisotopic (exact) mass is 320 g/mol. The molecule has 23 heavy (non-hydrogen) atoms. The molecule has 1 aliphatic heterocycles. The van der Waals surface area contributed by atoms with E-state index < -0.39 is 6.04 Å². The second kappa shape index (κ2) is 5.60. The van der Waals surface area contributed by atoms with Gasteiger partial charge in [-0.15, -0.1) is 0 Å². The molecule has 3 aliphatic rings. The van der Waals surface area contributed by atoms with E-state index in [2.05, 4.69) is 13.8 Å². The van der Waals surface area contributed by atoms with E-state index in [1.807, 2.05) is 0 Å². The highest BCUT2D eigenvalue weighted by atomic mass is 16.2. The summed E-state index contributed by atoms with van der Waals surface area (Å²) in [5.41, 5.74) is 0.192. The van der Waals surface area contributed by atoms with Gasteiger partial charge in [0.25, 0.3) is 0 Å². The summed E-state index contributed by atoms with van der Waals surface area (Å²) in [6.07, 6.45) is 5.85. The summed E-state index contributed by atoms with van der Waals surface area (Å²) >= 11 is 0. The molecule has 128 valence electrons. The maximum atomic E-state index is 12.8. The van der Waals surface area contributed by atoms with Gasteiger partial charge in [-0.1, -0.05) is 19.8 Å². The molecule has 0 radical (unpaired) electrons. The van der Waals surface area contributed by atoms with Crippen molar-refractivity contribution in [3.8, 4) is 0 Å². The van der Waals surface area contributed by atoms with E-state index in [-0.39, 0.29) is 41.0 Å². The van der Waals surface area contributed by atoms with Gasteiger partial charge in [0, 0.05) is 13.1 Å². The third-order valence-corrected chi connectivity index (χ3v) is 6.60. The van der Waals surface area contributed by atoms with Crippen LogP contribution in [-0.2, 0) is 14.4 Å². The van der Waals surface area contributed by atoms with Gasteiger partial charge in [-0.25, -0.2) is 0 Å². The van der Waals surface area contributed by atoms with Crippen LogP contribution in [0.3, 0.4) is 0 Å². The van der Waals surface area contributed by atoms with Crippen molar-refractivity contribution in [1.82, 2.24) is 9.80 Å². The average molecular weight is 320 g/mol. The van der Waals surface area contributed by atoms with Crippen LogP contribution in [0.25, 0.3) is 0 Å². The van der Waals surface area contributed by atoms with Gasteiger partial charge in [0.1, 0.15) is 6.04 Å². The Morgan fingerprint density at radius 3 is 2.04 bits per heavy atom. The molecule has 3 fully saturated rings. The molecule has 0 N–H and O–H groups in total. The van der Waals surface area contributed by atoms with E-state index in [0.717, 1.165) is 38.5 Å². The highest BCUT2D eigenvalue weighted by Crippen LogP contribution is 2.49. The lowest BCUT2D eigenvalue weighted by Gasteiger charge is -2.34. The Morgan fingerprint density at radius 2 is 1.61 bits per heavy atom. The zero-order valence-corrected chi connectivity index (χ0v) is 14.7. The van der Waals surface area contributed by atoms with Gasteiger partial charge in [0.15, 0.2) is 0 Å². The number of likely N-dealkylation sites (tertiary alicyclic amines) is 1. The lowest BCUT2D eigenvalue weighted by atomic mass is 9.81. The first-order chi connectivity index (χ1) is 10.8. The number of likely N-dealkylation sites (N-methyl/N-ethyl adjacent to an activating group) is 1. The average Bonchev–Trinajstić information content (AvgIpc) is 3.25. The molecule has 1 saturated heterocycles. The number of carbonyl (C=O) groups is 3. The molecule has 0 aromatic heterocycles. The number of rotatable bonds is 4. The number of imide groups is 1. The topological polar surface area (TPSA) is 57.7 Å². The summed E-state index contributed by atoms with van der Waals surface area (Å²) < 4.78 is 0. The molecule has 0 spiro atoms. The van der Waals surface area contributed by atoms with Crippen LogP contribution < -0.4 is 0 Å². The predicted molar refractivity (Wildman–Crippen MR) is 86.3 cm³/mol. The summed E-state index contributed by atoms with van der Waals surface area (Å²) in [5, 5.41) is 0. The van der Waals surface area contributed by atoms with E-state index in [1.165, 1.54) is 4.90 Å². The number of carbonyl (C=O) groups excluding carboxylic acids is 3. The maximum absolute atomic E-state index is 12.8. The standard InChI is InChI=1S/C18H28N2O3/c1-11(15(21)19(4)12(2)18(3)9-10-18)20-16(22)13-7-5-6-8-14(13)17(20)23/h11-14H,5-10H2,1-4H3/t11-,12-,13-,14-/m1/s1. The van der Waals surface area contributed by atoms with Gasteiger partial charge in [-0.05, 0) is 44.9 Å². The van der Waals surface area contributed by atoms with E-state index in [0.29, 0.717) is 0 Å². The molecular weight excluding hydrogens is 292 g/mol. The van der Waals surface area contributed by atoms with Crippen LogP contribution in [0.4, 0.5) is 0 Å². The number of amides is 3. The normalized spacial score (nSPS) is 31.6. The Labute approximate surface area is 138 Å². The quantitative estimate of drug-likeness (QED) is 0.746. The number of nitrogens with zero attached hydrogens (tertiary/aromatic N) is 2. The lowest BCUT2D eigenvalue weighted by molar-refractivity contribution is -0.151. The van der Waals surface area contributed by atoms with Gasteiger partial charge < -0.3 is 4.90 Å². The summed E-state index contributed by atoms with van der Waals surface area (Å²) in [4.78, 5) is 41.1. The fourth-order valence-electron chi connectivity index (χ4n) is 4.25. The van der Waals surface area contributed by atoms with Crippen molar-refractivity contribution in [3.63, 3.8) is 0 Å². The minimum absolute atomic E-state index is 0.119. The van der Waals surface area contributed by atoms with Crippen LogP contribution in [0.5, 0.6) is 0 Å². The number of hydrogen-bond donors (Lipinski definition) is 0. The van der Waals surface area contributed by atoms with Crippen molar-refractivity contribution in [1.29, 1.82) is 0 Å². The third-order valence-electron chi connectivity index (χ3n) is 6.60. The molecule has 2 aliphatic carbocycles. The largest absolute Gasteiger partial charge is 0.341 e. The van der Waals surface area contributed by atoms with E-state index in [1.54, 1.807) is 18.9 Å². The molecule has 0 bridgehead atoms. The molecule has 3 rings (SSSR count). The van der Waals surface area contributed by atoms with Gasteiger partial charge >= 0.3 is 0 Å². The smallest absolute Gasteiger partial charge is 0.245 e. The minimum Gasteiger partial charge on any atom is -0.341 e. The predicted octanol–water partition coefficient (Wildman–Crippen LogP) is 2.20. The Kier molecular flexibility index (Phi) is 4.01.